The minimum absolute atomic E-state index is 0.0379. The smallest absolute Gasteiger partial charge is 0.416 e. The molecule has 0 saturated heterocycles. The standard InChI is InChI=1S/C25H18F3NO4S/c26-25(27,28)17-6-4-15(5-7-17)10-22(32)16-2-1-3-19(11-16)33-20-8-9-21-23(13-20)34-24(29-21)12-18(31)14-30/h1-9,11,13,30H,10,12,14H2. The Kier molecular flexibility index (Phi) is 6.76. The summed E-state index contributed by atoms with van der Waals surface area (Å²) in [5, 5.41) is 9.50. The average Bonchev–Trinajstić information content (AvgIpc) is 3.20. The summed E-state index contributed by atoms with van der Waals surface area (Å²) >= 11 is 1.33. The van der Waals surface area contributed by atoms with Gasteiger partial charge in [-0.05, 0) is 42.0 Å². The van der Waals surface area contributed by atoms with Gasteiger partial charge in [-0.2, -0.15) is 13.2 Å². The molecule has 0 saturated carbocycles. The highest BCUT2D eigenvalue weighted by Gasteiger charge is 2.30. The first kappa shape index (κ1) is 23.6. The summed E-state index contributed by atoms with van der Waals surface area (Å²) in [6.07, 6.45) is -4.40. The Morgan fingerprint density at radius 1 is 0.941 bits per heavy atom. The molecule has 9 heteroatoms. The zero-order valence-corrected chi connectivity index (χ0v) is 18.4. The molecule has 1 heterocycles. The summed E-state index contributed by atoms with van der Waals surface area (Å²) in [7, 11) is 0. The topological polar surface area (TPSA) is 76.5 Å². The van der Waals surface area contributed by atoms with Gasteiger partial charge in [0, 0.05) is 18.1 Å². The first-order chi connectivity index (χ1) is 16.2. The SMILES string of the molecule is O=C(CO)Cc1nc2ccc(Oc3cccc(C(=O)Cc4ccc(C(F)(F)F)cc4)c3)cc2s1. The van der Waals surface area contributed by atoms with Gasteiger partial charge in [-0.15, -0.1) is 11.3 Å². The van der Waals surface area contributed by atoms with Crippen molar-refractivity contribution in [3.8, 4) is 11.5 Å². The van der Waals surface area contributed by atoms with E-state index in [1.165, 1.54) is 23.5 Å². The summed E-state index contributed by atoms with van der Waals surface area (Å²) in [6, 6.07) is 16.3. The number of nitrogens with zero attached hydrogens (tertiary/aromatic N) is 1. The van der Waals surface area contributed by atoms with Crippen LogP contribution in [0.15, 0.2) is 66.7 Å². The molecule has 0 amide bonds. The molecule has 1 aromatic heterocycles. The van der Waals surface area contributed by atoms with Gasteiger partial charge in [-0.1, -0.05) is 24.3 Å². The summed E-state index contributed by atoms with van der Waals surface area (Å²) in [5.41, 5.74) is 0.805. The molecule has 0 aliphatic rings. The van der Waals surface area contributed by atoms with Crippen LogP contribution >= 0.6 is 11.3 Å². The van der Waals surface area contributed by atoms with Crippen molar-refractivity contribution in [1.29, 1.82) is 0 Å². The van der Waals surface area contributed by atoms with Gasteiger partial charge in [0.2, 0.25) is 0 Å². The van der Waals surface area contributed by atoms with E-state index in [0.717, 1.165) is 16.8 Å². The van der Waals surface area contributed by atoms with E-state index in [-0.39, 0.29) is 24.4 Å². The molecule has 5 nitrogen and oxygen atoms in total. The lowest BCUT2D eigenvalue weighted by atomic mass is 10.0. The fraction of sp³-hybridized carbons (Fsp3) is 0.160. The number of carbonyl (C=O) groups excluding carboxylic acids is 2. The molecule has 1 N–H and O–H groups in total. The number of aliphatic hydroxyl groups excluding tert-OH is 1. The zero-order chi connectivity index (χ0) is 24.3. The van der Waals surface area contributed by atoms with Crippen LogP contribution in [0, 0.1) is 0 Å². The van der Waals surface area contributed by atoms with E-state index in [1.54, 1.807) is 42.5 Å². The fourth-order valence-electron chi connectivity index (χ4n) is 3.28. The normalized spacial score (nSPS) is 11.5. The van der Waals surface area contributed by atoms with Crippen molar-refractivity contribution in [2.45, 2.75) is 19.0 Å². The van der Waals surface area contributed by atoms with Crippen molar-refractivity contribution in [3.63, 3.8) is 0 Å². The third-order valence-electron chi connectivity index (χ3n) is 4.97. The minimum Gasteiger partial charge on any atom is -0.457 e. The van der Waals surface area contributed by atoms with Crippen molar-refractivity contribution in [2.24, 2.45) is 0 Å². The highest BCUT2D eigenvalue weighted by Crippen LogP contribution is 2.31. The molecule has 174 valence electrons. The number of Topliss-reactive ketones (excluding diaryl/α,β-unsaturated/α-hetero) is 2. The number of hydrogen-bond acceptors (Lipinski definition) is 6. The van der Waals surface area contributed by atoms with Crippen LogP contribution in [-0.2, 0) is 23.8 Å². The number of aliphatic hydroxyl groups is 1. The second-order valence-electron chi connectivity index (χ2n) is 7.54. The van der Waals surface area contributed by atoms with Gasteiger partial charge in [-0.3, -0.25) is 9.59 Å². The summed E-state index contributed by atoms with van der Waals surface area (Å²) in [5.74, 6) is 0.385. The Hall–Kier alpha value is -3.56. The summed E-state index contributed by atoms with van der Waals surface area (Å²) in [4.78, 5) is 28.5. The predicted molar refractivity (Wildman–Crippen MR) is 121 cm³/mol. The Labute approximate surface area is 196 Å². The monoisotopic (exact) mass is 485 g/mol. The maximum Gasteiger partial charge on any atom is 0.416 e. The summed E-state index contributed by atoms with van der Waals surface area (Å²) in [6.45, 7) is -0.530. The van der Waals surface area contributed by atoms with Crippen molar-refractivity contribution < 1.29 is 32.6 Å². The molecular formula is C25H18F3NO4S. The maximum atomic E-state index is 12.7. The lowest BCUT2D eigenvalue weighted by Gasteiger charge is -2.09. The van der Waals surface area contributed by atoms with E-state index in [9.17, 15) is 22.8 Å². The molecule has 3 aromatic carbocycles. The van der Waals surface area contributed by atoms with Crippen molar-refractivity contribution in [3.05, 3.63) is 88.4 Å². The highest BCUT2D eigenvalue weighted by atomic mass is 32.1. The van der Waals surface area contributed by atoms with Gasteiger partial charge in [0.15, 0.2) is 11.6 Å². The van der Waals surface area contributed by atoms with Gasteiger partial charge in [0.05, 0.1) is 22.2 Å². The van der Waals surface area contributed by atoms with E-state index in [1.807, 2.05) is 0 Å². The average molecular weight is 485 g/mol. The Balaban J connectivity index is 1.46. The first-order valence-corrected chi connectivity index (χ1v) is 11.0. The van der Waals surface area contributed by atoms with E-state index in [4.69, 9.17) is 9.84 Å². The number of ketones is 2. The number of carbonyl (C=O) groups is 2. The number of alkyl halides is 3. The lowest BCUT2D eigenvalue weighted by molar-refractivity contribution is -0.137. The molecule has 4 aromatic rings. The largest absolute Gasteiger partial charge is 0.457 e. The van der Waals surface area contributed by atoms with Crippen LogP contribution in [0.4, 0.5) is 13.2 Å². The lowest BCUT2D eigenvalue weighted by Crippen LogP contribution is -2.06. The van der Waals surface area contributed by atoms with Crippen LogP contribution in [0.2, 0.25) is 0 Å². The van der Waals surface area contributed by atoms with Gasteiger partial charge in [-0.25, -0.2) is 4.98 Å². The van der Waals surface area contributed by atoms with E-state index >= 15 is 0 Å². The van der Waals surface area contributed by atoms with Crippen molar-refractivity contribution in [2.75, 3.05) is 6.61 Å². The van der Waals surface area contributed by atoms with E-state index < -0.39 is 18.3 Å². The number of fused-ring (bicyclic) bond motifs is 1. The fourth-order valence-corrected chi connectivity index (χ4v) is 4.31. The van der Waals surface area contributed by atoms with Gasteiger partial charge in [0.25, 0.3) is 0 Å². The van der Waals surface area contributed by atoms with Crippen LogP contribution in [0.1, 0.15) is 26.5 Å². The van der Waals surface area contributed by atoms with Crippen LogP contribution in [-0.4, -0.2) is 28.3 Å². The van der Waals surface area contributed by atoms with E-state index in [2.05, 4.69) is 4.98 Å². The predicted octanol–water partition coefficient (Wildman–Crippen LogP) is 5.64. The quantitative estimate of drug-likeness (QED) is 0.327. The molecule has 0 aliphatic carbocycles. The molecule has 34 heavy (non-hydrogen) atoms. The summed E-state index contributed by atoms with van der Waals surface area (Å²) < 4.78 is 44.8. The number of ether oxygens (including phenoxy) is 1. The molecule has 0 bridgehead atoms. The highest BCUT2D eigenvalue weighted by molar-refractivity contribution is 7.18. The van der Waals surface area contributed by atoms with Crippen LogP contribution < -0.4 is 4.74 Å². The first-order valence-electron chi connectivity index (χ1n) is 10.2. The molecular weight excluding hydrogens is 467 g/mol. The van der Waals surface area contributed by atoms with Crippen molar-refractivity contribution in [1.82, 2.24) is 4.98 Å². The third kappa shape index (κ3) is 5.67. The maximum absolute atomic E-state index is 12.7. The molecule has 0 atom stereocenters. The molecule has 0 spiro atoms. The third-order valence-corrected chi connectivity index (χ3v) is 5.98. The minimum atomic E-state index is -4.42. The van der Waals surface area contributed by atoms with Crippen LogP contribution in [0.5, 0.6) is 11.5 Å². The number of benzene rings is 3. The molecule has 4 rings (SSSR count). The van der Waals surface area contributed by atoms with Crippen molar-refractivity contribution >= 4 is 33.1 Å². The molecule has 0 aliphatic heterocycles. The second-order valence-corrected chi connectivity index (χ2v) is 8.65. The Morgan fingerprint density at radius 2 is 1.68 bits per heavy atom. The van der Waals surface area contributed by atoms with Gasteiger partial charge in [0.1, 0.15) is 23.1 Å². The number of thiazole rings is 1. The Morgan fingerprint density at radius 3 is 2.38 bits per heavy atom. The molecule has 0 radical (unpaired) electrons. The number of halogens is 3. The number of aromatic nitrogens is 1. The van der Waals surface area contributed by atoms with Crippen LogP contribution in [0.25, 0.3) is 10.2 Å². The van der Waals surface area contributed by atoms with Gasteiger partial charge >= 0.3 is 6.18 Å². The number of hydrogen-bond donors (Lipinski definition) is 1. The van der Waals surface area contributed by atoms with Crippen LogP contribution in [0.3, 0.4) is 0 Å². The zero-order valence-electron chi connectivity index (χ0n) is 17.6. The van der Waals surface area contributed by atoms with Gasteiger partial charge < -0.3 is 9.84 Å². The Bertz CT molecular complexity index is 1350. The number of rotatable bonds is 8. The second kappa shape index (κ2) is 9.74. The molecule has 0 unspecified atom stereocenters. The van der Waals surface area contributed by atoms with E-state index in [0.29, 0.717) is 33.2 Å². The molecule has 0 fully saturated rings.